The summed E-state index contributed by atoms with van der Waals surface area (Å²) in [6.45, 7) is 0.528. The molecular formula is C17H11BrN2O. The summed E-state index contributed by atoms with van der Waals surface area (Å²) in [6, 6.07) is 17.6. The van der Waals surface area contributed by atoms with E-state index < -0.39 is 0 Å². The second kappa shape index (κ2) is 4.67. The largest absolute Gasteiger partial charge is 0.302 e. The quantitative estimate of drug-likeness (QED) is 0.667. The van der Waals surface area contributed by atoms with Crippen molar-refractivity contribution in [3.63, 3.8) is 0 Å². The third-order valence-electron chi connectivity index (χ3n) is 3.71. The summed E-state index contributed by atoms with van der Waals surface area (Å²) in [5, 5.41) is 0.986. The van der Waals surface area contributed by atoms with Crippen molar-refractivity contribution >= 4 is 38.4 Å². The summed E-state index contributed by atoms with van der Waals surface area (Å²) in [5.41, 5.74) is 3.36. The van der Waals surface area contributed by atoms with Crippen molar-refractivity contribution in [2.75, 3.05) is 4.90 Å². The fourth-order valence-corrected chi connectivity index (χ4v) is 3.02. The van der Waals surface area contributed by atoms with Crippen molar-refractivity contribution < 1.29 is 4.79 Å². The van der Waals surface area contributed by atoms with Gasteiger partial charge in [0.15, 0.2) is 0 Å². The summed E-state index contributed by atoms with van der Waals surface area (Å²) >= 11 is 3.46. The van der Waals surface area contributed by atoms with Gasteiger partial charge in [0.2, 0.25) is 0 Å². The molecule has 3 aromatic rings. The van der Waals surface area contributed by atoms with E-state index in [9.17, 15) is 4.79 Å². The second-order valence-corrected chi connectivity index (χ2v) is 5.96. The van der Waals surface area contributed by atoms with Gasteiger partial charge in [0.1, 0.15) is 0 Å². The number of nitrogens with zero attached hydrogens (tertiary/aromatic N) is 2. The Morgan fingerprint density at radius 2 is 1.86 bits per heavy atom. The molecular weight excluding hydrogens is 328 g/mol. The predicted octanol–water partition coefficient (Wildman–Crippen LogP) is 4.16. The number of halogens is 1. The van der Waals surface area contributed by atoms with Gasteiger partial charge in [0.05, 0.1) is 23.3 Å². The molecule has 2 aromatic carbocycles. The molecule has 0 atom stereocenters. The van der Waals surface area contributed by atoms with E-state index in [0.29, 0.717) is 12.1 Å². The maximum Gasteiger partial charge on any atom is 0.260 e. The van der Waals surface area contributed by atoms with Crippen LogP contribution in [0.15, 0.2) is 59.1 Å². The molecule has 0 saturated carbocycles. The van der Waals surface area contributed by atoms with Crippen molar-refractivity contribution in [2.24, 2.45) is 0 Å². The topological polar surface area (TPSA) is 33.2 Å². The average Bonchev–Trinajstić information content (AvgIpc) is 2.82. The predicted molar refractivity (Wildman–Crippen MR) is 86.4 cm³/mol. The maximum atomic E-state index is 12.6. The Morgan fingerprint density at radius 3 is 2.67 bits per heavy atom. The van der Waals surface area contributed by atoms with Crippen LogP contribution < -0.4 is 4.90 Å². The van der Waals surface area contributed by atoms with Gasteiger partial charge in [-0.2, -0.15) is 0 Å². The molecule has 4 heteroatoms. The molecule has 1 aromatic heterocycles. The van der Waals surface area contributed by atoms with Crippen LogP contribution in [0.2, 0.25) is 0 Å². The van der Waals surface area contributed by atoms with E-state index in [1.165, 1.54) is 0 Å². The lowest BCUT2D eigenvalue weighted by molar-refractivity contribution is 0.0996. The van der Waals surface area contributed by atoms with Crippen molar-refractivity contribution in [3.05, 3.63) is 70.3 Å². The first-order valence-electron chi connectivity index (χ1n) is 6.68. The fraction of sp³-hybridized carbons (Fsp3) is 0.0588. The normalized spacial score (nSPS) is 13.8. The molecule has 3 nitrogen and oxygen atoms in total. The molecule has 0 saturated heterocycles. The monoisotopic (exact) mass is 338 g/mol. The molecule has 0 aliphatic carbocycles. The molecule has 0 fully saturated rings. The van der Waals surface area contributed by atoms with Crippen LogP contribution in [0.5, 0.6) is 0 Å². The minimum absolute atomic E-state index is 0.0218. The molecule has 1 amide bonds. The Bertz CT molecular complexity index is 861. The van der Waals surface area contributed by atoms with Crippen LogP contribution in [0.25, 0.3) is 10.9 Å². The minimum atomic E-state index is 0.0218. The van der Waals surface area contributed by atoms with Gasteiger partial charge in [-0.15, -0.1) is 0 Å². The van der Waals surface area contributed by atoms with Gasteiger partial charge in [-0.3, -0.25) is 9.78 Å². The van der Waals surface area contributed by atoms with Crippen molar-refractivity contribution in [1.82, 2.24) is 4.98 Å². The Kier molecular flexibility index (Phi) is 2.79. The Hall–Kier alpha value is -2.20. The number of benzene rings is 2. The maximum absolute atomic E-state index is 12.6. The summed E-state index contributed by atoms with van der Waals surface area (Å²) in [4.78, 5) is 19.0. The minimum Gasteiger partial charge on any atom is -0.302 e. The van der Waals surface area contributed by atoms with E-state index in [1.807, 2.05) is 54.6 Å². The molecule has 0 spiro atoms. The zero-order chi connectivity index (χ0) is 14.4. The van der Waals surface area contributed by atoms with E-state index in [1.54, 1.807) is 4.90 Å². The Morgan fingerprint density at radius 1 is 1.05 bits per heavy atom. The molecule has 1 aliphatic rings. The second-order valence-electron chi connectivity index (χ2n) is 5.05. The van der Waals surface area contributed by atoms with Crippen LogP contribution in [0, 0.1) is 0 Å². The number of carbonyl (C=O) groups excluding carboxylic acids is 1. The molecule has 0 bridgehead atoms. The van der Waals surface area contributed by atoms with Crippen molar-refractivity contribution in [2.45, 2.75) is 6.54 Å². The first kappa shape index (κ1) is 12.5. The Labute approximate surface area is 130 Å². The number of fused-ring (bicyclic) bond motifs is 2. The standard InChI is InChI=1S/C17H11BrN2O/c18-12-7-6-11-8-14-16(19-15(11)9-12)10-20(17(14)21)13-4-2-1-3-5-13/h1-9H,10H2. The van der Waals surface area contributed by atoms with Crippen LogP contribution in [0.4, 0.5) is 5.69 Å². The van der Waals surface area contributed by atoms with Gasteiger partial charge < -0.3 is 4.90 Å². The highest BCUT2D eigenvalue weighted by Crippen LogP contribution is 2.30. The van der Waals surface area contributed by atoms with Crippen LogP contribution in [-0.4, -0.2) is 10.9 Å². The van der Waals surface area contributed by atoms with Gasteiger partial charge in [-0.05, 0) is 30.3 Å². The summed E-state index contributed by atoms with van der Waals surface area (Å²) in [7, 11) is 0. The first-order chi connectivity index (χ1) is 10.2. The molecule has 102 valence electrons. The third kappa shape index (κ3) is 2.03. The highest BCUT2D eigenvalue weighted by molar-refractivity contribution is 9.10. The number of carbonyl (C=O) groups is 1. The van der Waals surface area contributed by atoms with Crippen molar-refractivity contribution in [1.29, 1.82) is 0 Å². The van der Waals surface area contributed by atoms with Gasteiger partial charge in [-0.25, -0.2) is 0 Å². The zero-order valence-corrected chi connectivity index (χ0v) is 12.7. The highest BCUT2D eigenvalue weighted by Gasteiger charge is 2.29. The van der Waals surface area contributed by atoms with E-state index in [2.05, 4.69) is 20.9 Å². The number of hydrogen-bond acceptors (Lipinski definition) is 2. The number of hydrogen-bond donors (Lipinski definition) is 0. The van der Waals surface area contributed by atoms with Crippen molar-refractivity contribution in [3.8, 4) is 0 Å². The summed E-state index contributed by atoms with van der Waals surface area (Å²) in [6.07, 6.45) is 0. The lowest BCUT2D eigenvalue weighted by Gasteiger charge is -2.14. The number of amides is 1. The van der Waals surface area contributed by atoms with E-state index in [-0.39, 0.29) is 5.91 Å². The molecule has 0 radical (unpaired) electrons. The van der Waals surface area contributed by atoms with E-state index >= 15 is 0 Å². The number of para-hydroxylation sites is 1. The fourth-order valence-electron chi connectivity index (χ4n) is 2.67. The number of pyridine rings is 1. The lowest BCUT2D eigenvalue weighted by atomic mass is 10.1. The van der Waals surface area contributed by atoms with E-state index in [4.69, 9.17) is 0 Å². The molecule has 0 N–H and O–H groups in total. The van der Waals surface area contributed by atoms with Crippen LogP contribution in [-0.2, 0) is 6.54 Å². The van der Waals surface area contributed by atoms with Crippen LogP contribution in [0.1, 0.15) is 16.1 Å². The molecule has 1 aliphatic heterocycles. The van der Waals surface area contributed by atoms with Gasteiger partial charge in [0.25, 0.3) is 5.91 Å². The first-order valence-corrected chi connectivity index (χ1v) is 7.48. The lowest BCUT2D eigenvalue weighted by Crippen LogP contribution is -2.22. The van der Waals surface area contributed by atoms with E-state index in [0.717, 1.165) is 26.8 Å². The number of rotatable bonds is 1. The zero-order valence-electron chi connectivity index (χ0n) is 11.1. The molecule has 2 heterocycles. The summed E-state index contributed by atoms with van der Waals surface area (Å²) in [5.74, 6) is 0.0218. The highest BCUT2D eigenvalue weighted by atomic mass is 79.9. The Balaban J connectivity index is 1.84. The van der Waals surface area contributed by atoms with Crippen LogP contribution in [0.3, 0.4) is 0 Å². The molecule has 4 rings (SSSR count). The number of aromatic nitrogens is 1. The summed E-state index contributed by atoms with van der Waals surface area (Å²) < 4.78 is 0.992. The van der Waals surface area contributed by atoms with Gasteiger partial charge in [-0.1, -0.05) is 40.2 Å². The number of anilines is 1. The average molecular weight is 339 g/mol. The van der Waals surface area contributed by atoms with Crippen LogP contribution >= 0.6 is 15.9 Å². The van der Waals surface area contributed by atoms with Gasteiger partial charge >= 0.3 is 0 Å². The smallest absolute Gasteiger partial charge is 0.260 e. The SMILES string of the molecule is O=C1c2cc3ccc(Br)cc3nc2CN1c1ccccc1. The molecule has 0 unspecified atom stereocenters. The molecule has 21 heavy (non-hydrogen) atoms. The third-order valence-corrected chi connectivity index (χ3v) is 4.20. The van der Waals surface area contributed by atoms with Gasteiger partial charge in [0, 0.05) is 15.5 Å².